The number of halogens is 2. The molecule has 4 nitrogen and oxygen atoms in total. The second kappa shape index (κ2) is 4.58. The molecule has 0 radical (unpaired) electrons. The SMILES string of the molecule is CC(C)(C)C1=NOC(C)(C(=O)OCC(F)F)C1. The zero-order chi connectivity index (χ0) is 13.3. The third-order valence-electron chi connectivity index (χ3n) is 2.50. The van der Waals surface area contributed by atoms with Crippen molar-refractivity contribution in [2.75, 3.05) is 6.61 Å². The van der Waals surface area contributed by atoms with Crippen molar-refractivity contribution < 1.29 is 23.1 Å². The van der Waals surface area contributed by atoms with Crippen LogP contribution in [0.4, 0.5) is 8.78 Å². The molecule has 1 rings (SSSR count). The van der Waals surface area contributed by atoms with E-state index >= 15 is 0 Å². The number of esters is 1. The van der Waals surface area contributed by atoms with Gasteiger partial charge < -0.3 is 9.57 Å². The van der Waals surface area contributed by atoms with Crippen molar-refractivity contribution in [2.24, 2.45) is 10.6 Å². The molecule has 0 saturated heterocycles. The highest BCUT2D eigenvalue weighted by atomic mass is 19.3. The minimum Gasteiger partial charge on any atom is -0.457 e. The molecule has 1 aliphatic rings. The van der Waals surface area contributed by atoms with Crippen molar-refractivity contribution in [3.63, 3.8) is 0 Å². The van der Waals surface area contributed by atoms with Crippen LogP contribution in [0, 0.1) is 5.41 Å². The van der Waals surface area contributed by atoms with Crippen molar-refractivity contribution in [1.29, 1.82) is 0 Å². The lowest BCUT2D eigenvalue weighted by molar-refractivity contribution is -0.171. The summed E-state index contributed by atoms with van der Waals surface area (Å²) in [5, 5.41) is 3.84. The summed E-state index contributed by atoms with van der Waals surface area (Å²) in [6.45, 7) is 6.38. The van der Waals surface area contributed by atoms with E-state index in [1.54, 1.807) is 0 Å². The summed E-state index contributed by atoms with van der Waals surface area (Å²) >= 11 is 0. The maximum atomic E-state index is 11.9. The topological polar surface area (TPSA) is 47.9 Å². The van der Waals surface area contributed by atoms with Crippen LogP contribution in [0.15, 0.2) is 5.16 Å². The molecule has 0 fully saturated rings. The van der Waals surface area contributed by atoms with E-state index < -0.39 is 24.6 Å². The second-order valence-electron chi connectivity index (χ2n) is 5.28. The summed E-state index contributed by atoms with van der Waals surface area (Å²) in [5.41, 5.74) is -0.785. The first-order chi connectivity index (χ1) is 7.65. The standard InChI is InChI=1S/C11H17F2NO3/c1-10(2,3)7-5-11(4,17-14-7)9(15)16-6-8(12)13/h8H,5-6H2,1-4H3. The maximum Gasteiger partial charge on any atom is 0.353 e. The molecule has 0 N–H and O–H groups in total. The zero-order valence-electron chi connectivity index (χ0n) is 10.4. The van der Waals surface area contributed by atoms with Crippen LogP contribution in [-0.4, -0.2) is 30.3 Å². The molecular weight excluding hydrogens is 232 g/mol. The number of hydrogen-bond donors (Lipinski definition) is 0. The molecule has 0 saturated carbocycles. The van der Waals surface area contributed by atoms with Crippen LogP contribution in [0.5, 0.6) is 0 Å². The maximum absolute atomic E-state index is 11.9. The van der Waals surface area contributed by atoms with E-state index in [2.05, 4.69) is 9.89 Å². The van der Waals surface area contributed by atoms with Gasteiger partial charge in [0.1, 0.15) is 0 Å². The van der Waals surface area contributed by atoms with E-state index in [4.69, 9.17) is 4.84 Å². The molecule has 0 spiro atoms. The van der Waals surface area contributed by atoms with Crippen molar-refractivity contribution in [3.05, 3.63) is 0 Å². The Balaban J connectivity index is 2.60. The van der Waals surface area contributed by atoms with Crippen molar-refractivity contribution in [3.8, 4) is 0 Å². The molecular formula is C11H17F2NO3. The fourth-order valence-corrected chi connectivity index (χ4v) is 1.34. The molecule has 0 aromatic carbocycles. The average Bonchev–Trinajstić information content (AvgIpc) is 2.58. The summed E-state index contributed by atoms with van der Waals surface area (Å²) < 4.78 is 28.3. The first-order valence-electron chi connectivity index (χ1n) is 5.36. The van der Waals surface area contributed by atoms with E-state index in [9.17, 15) is 13.6 Å². The zero-order valence-corrected chi connectivity index (χ0v) is 10.4. The number of rotatable bonds is 3. The van der Waals surface area contributed by atoms with Crippen LogP contribution in [0.3, 0.4) is 0 Å². The smallest absolute Gasteiger partial charge is 0.353 e. The molecule has 6 heteroatoms. The monoisotopic (exact) mass is 249 g/mol. The Morgan fingerprint density at radius 1 is 1.59 bits per heavy atom. The van der Waals surface area contributed by atoms with Gasteiger partial charge in [-0.1, -0.05) is 25.9 Å². The third-order valence-corrected chi connectivity index (χ3v) is 2.50. The number of hydrogen-bond acceptors (Lipinski definition) is 4. The number of alkyl halides is 2. The molecule has 98 valence electrons. The largest absolute Gasteiger partial charge is 0.457 e. The lowest BCUT2D eigenvalue weighted by Gasteiger charge is -2.21. The van der Waals surface area contributed by atoms with Crippen LogP contribution in [-0.2, 0) is 14.4 Å². The van der Waals surface area contributed by atoms with Crippen molar-refractivity contribution in [2.45, 2.75) is 46.1 Å². The number of oxime groups is 1. The van der Waals surface area contributed by atoms with Gasteiger partial charge in [-0.2, -0.15) is 0 Å². The van der Waals surface area contributed by atoms with Crippen LogP contribution in [0.1, 0.15) is 34.1 Å². The molecule has 1 atom stereocenters. The van der Waals surface area contributed by atoms with E-state index in [0.717, 1.165) is 0 Å². The number of nitrogens with zero attached hydrogens (tertiary/aromatic N) is 1. The Kier molecular flexibility index (Phi) is 3.74. The van der Waals surface area contributed by atoms with Gasteiger partial charge in [0.2, 0.25) is 5.60 Å². The van der Waals surface area contributed by atoms with Gasteiger partial charge in [0, 0.05) is 11.8 Å². The molecule has 0 aromatic heterocycles. The van der Waals surface area contributed by atoms with Gasteiger partial charge in [-0.3, -0.25) is 0 Å². The van der Waals surface area contributed by atoms with Crippen LogP contribution in [0.25, 0.3) is 0 Å². The molecule has 0 aliphatic carbocycles. The molecule has 1 unspecified atom stereocenters. The number of ether oxygens (including phenoxy) is 1. The van der Waals surface area contributed by atoms with E-state index in [1.807, 2.05) is 20.8 Å². The summed E-state index contributed by atoms with van der Waals surface area (Å²) in [6.07, 6.45) is -2.41. The number of carbonyl (C=O) groups is 1. The Hall–Kier alpha value is -1.20. The fraction of sp³-hybridized carbons (Fsp3) is 0.818. The minimum absolute atomic E-state index is 0.221. The van der Waals surface area contributed by atoms with E-state index in [1.165, 1.54) is 6.92 Å². The van der Waals surface area contributed by atoms with Crippen LogP contribution < -0.4 is 0 Å². The summed E-state index contributed by atoms with van der Waals surface area (Å²) in [4.78, 5) is 16.6. The van der Waals surface area contributed by atoms with Gasteiger partial charge in [-0.05, 0) is 6.92 Å². The highest BCUT2D eigenvalue weighted by Gasteiger charge is 2.46. The summed E-state index contributed by atoms with van der Waals surface area (Å²) in [6, 6.07) is 0. The highest BCUT2D eigenvalue weighted by molar-refractivity contribution is 5.96. The van der Waals surface area contributed by atoms with Crippen molar-refractivity contribution >= 4 is 11.7 Å². The first kappa shape index (κ1) is 13.9. The van der Waals surface area contributed by atoms with Crippen LogP contribution in [0.2, 0.25) is 0 Å². The van der Waals surface area contributed by atoms with Gasteiger partial charge in [0.25, 0.3) is 6.43 Å². The van der Waals surface area contributed by atoms with Crippen molar-refractivity contribution in [1.82, 2.24) is 0 Å². The Morgan fingerprint density at radius 3 is 2.59 bits per heavy atom. The normalized spacial score (nSPS) is 24.5. The number of carbonyl (C=O) groups excluding carboxylic acids is 1. The van der Waals surface area contributed by atoms with Gasteiger partial charge in [-0.25, -0.2) is 13.6 Å². The molecule has 0 aromatic rings. The average molecular weight is 249 g/mol. The quantitative estimate of drug-likeness (QED) is 0.721. The second-order valence-corrected chi connectivity index (χ2v) is 5.28. The van der Waals surface area contributed by atoms with Gasteiger partial charge in [0.05, 0.1) is 5.71 Å². The van der Waals surface area contributed by atoms with Crippen LogP contribution >= 0.6 is 0 Å². The minimum atomic E-state index is -2.67. The Bertz CT molecular complexity index is 336. The highest BCUT2D eigenvalue weighted by Crippen LogP contribution is 2.32. The molecule has 1 aliphatic heterocycles. The molecule has 1 heterocycles. The van der Waals surface area contributed by atoms with E-state index in [0.29, 0.717) is 5.71 Å². The third kappa shape index (κ3) is 3.38. The molecule has 0 amide bonds. The molecule has 0 bridgehead atoms. The fourth-order valence-electron chi connectivity index (χ4n) is 1.34. The van der Waals surface area contributed by atoms with Gasteiger partial charge in [-0.15, -0.1) is 0 Å². The Labute approximate surface area is 99.0 Å². The lowest BCUT2D eigenvalue weighted by atomic mass is 9.84. The lowest BCUT2D eigenvalue weighted by Crippen LogP contribution is -2.39. The summed E-state index contributed by atoms with van der Waals surface area (Å²) in [5.74, 6) is -0.805. The Morgan fingerprint density at radius 2 is 2.18 bits per heavy atom. The predicted molar refractivity (Wildman–Crippen MR) is 58.0 cm³/mol. The van der Waals surface area contributed by atoms with E-state index in [-0.39, 0.29) is 11.8 Å². The van der Waals surface area contributed by atoms with Gasteiger partial charge in [0.15, 0.2) is 6.61 Å². The first-order valence-corrected chi connectivity index (χ1v) is 5.36. The summed E-state index contributed by atoms with van der Waals surface area (Å²) in [7, 11) is 0. The predicted octanol–water partition coefficient (Wildman–Crippen LogP) is 2.38. The van der Waals surface area contributed by atoms with Gasteiger partial charge >= 0.3 is 5.97 Å². The molecule has 17 heavy (non-hydrogen) atoms.